The van der Waals surface area contributed by atoms with E-state index in [0.29, 0.717) is 0 Å². The molecule has 12 heavy (non-hydrogen) atoms. The second-order valence-electron chi connectivity index (χ2n) is 2.49. The number of alkyl halides is 2. The van der Waals surface area contributed by atoms with Gasteiger partial charge in [-0.3, -0.25) is 5.73 Å². The number of hydrogen-bond acceptors (Lipinski definition) is 2. The van der Waals surface area contributed by atoms with Crippen LogP contribution in [0.15, 0.2) is 30.3 Å². The van der Waals surface area contributed by atoms with Gasteiger partial charge in [0.05, 0.1) is 0 Å². The maximum absolute atomic E-state index is 12.1. The van der Waals surface area contributed by atoms with Gasteiger partial charge in [-0.25, -0.2) is 8.78 Å². The molecule has 0 aromatic heterocycles. The van der Waals surface area contributed by atoms with Gasteiger partial charge in [-0.1, -0.05) is 30.3 Å². The zero-order chi connectivity index (χ0) is 9.19. The lowest BCUT2D eigenvalue weighted by molar-refractivity contribution is -0.0976. The lowest BCUT2D eigenvalue weighted by Crippen LogP contribution is -2.43. The fraction of sp³-hybridized carbons (Fsp3) is 0.250. The second-order valence-corrected chi connectivity index (χ2v) is 2.49. The van der Waals surface area contributed by atoms with Crippen molar-refractivity contribution in [1.82, 2.24) is 0 Å². The van der Waals surface area contributed by atoms with E-state index in [9.17, 15) is 8.78 Å². The van der Waals surface area contributed by atoms with Crippen LogP contribution >= 0.6 is 0 Å². The molecular formula is C8H9F2NO. The van der Waals surface area contributed by atoms with Crippen molar-refractivity contribution in [2.24, 2.45) is 5.73 Å². The van der Waals surface area contributed by atoms with Crippen molar-refractivity contribution in [3.05, 3.63) is 35.9 Å². The van der Waals surface area contributed by atoms with Gasteiger partial charge in [0.25, 0.3) is 6.43 Å². The maximum Gasteiger partial charge on any atom is 0.284 e. The first-order valence-corrected chi connectivity index (χ1v) is 3.40. The summed E-state index contributed by atoms with van der Waals surface area (Å²) in [5.74, 6) is 0. The molecule has 0 saturated carbocycles. The minimum atomic E-state index is -2.99. The van der Waals surface area contributed by atoms with Crippen LogP contribution in [0.5, 0.6) is 0 Å². The molecule has 1 aromatic rings. The largest absolute Gasteiger partial charge is 0.367 e. The molecule has 3 N–H and O–H groups in total. The lowest BCUT2D eigenvalue weighted by atomic mass is 10.1. The first kappa shape index (κ1) is 9.09. The van der Waals surface area contributed by atoms with E-state index < -0.39 is 12.2 Å². The number of nitrogens with two attached hydrogens (primary N) is 1. The first-order valence-electron chi connectivity index (χ1n) is 3.40. The summed E-state index contributed by atoms with van der Waals surface area (Å²) in [5.41, 5.74) is 2.46. The summed E-state index contributed by atoms with van der Waals surface area (Å²) in [7, 11) is 0. The molecule has 0 bridgehead atoms. The van der Waals surface area contributed by atoms with Crippen molar-refractivity contribution in [3.8, 4) is 0 Å². The van der Waals surface area contributed by atoms with E-state index in [1.165, 1.54) is 24.3 Å². The summed E-state index contributed by atoms with van der Waals surface area (Å²) >= 11 is 0. The topological polar surface area (TPSA) is 46.2 Å². The van der Waals surface area contributed by atoms with E-state index in [1.807, 2.05) is 0 Å². The van der Waals surface area contributed by atoms with Gasteiger partial charge in [-0.2, -0.15) is 0 Å². The molecule has 2 nitrogen and oxygen atoms in total. The Morgan fingerprint density at radius 2 is 1.75 bits per heavy atom. The van der Waals surface area contributed by atoms with Crippen LogP contribution in [0, 0.1) is 0 Å². The van der Waals surface area contributed by atoms with Crippen molar-refractivity contribution in [3.63, 3.8) is 0 Å². The van der Waals surface area contributed by atoms with Crippen LogP contribution in [0.1, 0.15) is 5.56 Å². The van der Waals surface area contributed by atoms with E-state index in [2.05, 4.69) is 0 Å². The molecule has 0 aliphatic heterocycles. The Morgan fingerprint density at radius 3 is 2.17 bits per heavy atom. The third kappa shape index (κ3) is 1.60. The lowest BCUT2D eigenvalue weighted by Gasteiger charge is -2.21. The summed E-state index contributed by atoms with van der Waals surface area (Å²) in [6.07, 6.45) is -2.99. The van der Waals surface area contributed by atoms with Crippen molar-refractivity contribution < 1.29 is 13.9 Å². The molecule has 1 rings (SSSR count). The number of aliphatic hydroxyl groups is 1. The number of hydrogen-bond donors (Lipinski definition) is 2. The Labute approximate surface area is 68.6 Å². The fourth-order valence-electron chi connectivity index (χ4n) is 0.831. The minimum absolute atomic E-state index is 0.0139. The predicted octanol–water partition coefficient (Wildman–Crippen LogP) is 1.06. The summed E-state index contributed by atoms with van der Waals surface area (Å²) < 4.78 is 24.2. The zero-order valence-corrected chi connectivity index (χ0v) is 6.24. The van der Waals surface area contributed by atoms with E-state index in [0.717, 1.165) is 0 Å². The molecule has 0 aliphatic rings. The van der Waals surface area contributed by atoms with Crippen molar-refractivity contribution in [2.75, 3.05) is 0 Å². The molecule has 0 amide bonds. The quantitative estimate of drug-likeness (QED) is 0.657. The summed E-state index contributed by atoms with van der Waals surface area (Å²) in [5, 5.41) is 9.09. The van der Waals surface area contributed by atoms with Gasteiger partial charge in [0.2, 0.25) is 5.72 Å². The molecule has 0 saturated heterocycles. The Morgan fingerprint density at radius 1 is 1.25 bits per heavy atom. The summed E-state index contributed by atoms with van der Waals surface area (Å²) in [4.78, 5) is 0. The predicted molar refractivity (Wildman–Crippen MR) is 40.5 cm³/mol. The molecule has 4 heteroatoms. The van der Waals surface area contributed by atoms with E-state index in [-0.39, 0.29) is 5.56 Å². The van der Waals surface area contributed by atoms with Gasteiger partial charge in [0, 0.05) is 5.56 Å². The molecule has 0 fully saturated rings. The van der Waals surface area contributed by atoms with E-state index >= 15 is 0 Å². The second kappa shape index (κ2) is 3.16. The van der Waals surface area contributed by atoms with E-state index in [4.69, 9.17) is 10.8 Å². The van der Waals surface area contributed by atoms with Gasteiger partial charge in [0.15, 0.2) is 0 Å². The van der Waals surface area contributed by atoms with Crippen LogP contribution in [-0.4, -0.2) is 11.5 Å². The van der Waals surface area contributed by atoms with Crippen molar-refractivity contribution in [1.29, 1.82) is 0 Å². The average Bonchev–Trinajstić information content (AvgIpc) is 2.06. The van der Waals surface area contributed by atoms with Crippen LogP contribution in [0.4, 0.5) is 8.78 Å². The molecule has 1 atom stereocenters. The third-order valence-electron chi connectivity index (χ3n) is 1.57. The molecule has 1 aromatic carbocycles. The summed E-state index contributed by atoms with van der Waals surface area (Å²) in [6.45, 7) is 0. The van der Waals surface area contributed by atoms with Gasteiger partial charge in [-0.15, -0.1) is 0 Å². The fourth-order valence-corrected chi connectivity index (χ4v) is 0.831. The highest BCUT2D eigenvalue weighted by Crippen LogP contribution is 2.21. The monoisotopic (exact) mass is 173 g/mol. The average molecular weight is 173 g/mol. The standard InChI is InChI=1S/C8H9F2NO/c9-7(10)8(11,12)6-4-2-1-3-5-6/h1-5,7,12H,11H2. The van der Waals surface area contributed by atoms with Gasteiger partial charge in [-0.05, 0) is 0 Å². The molecule has 0 radical (unpaired) electrons. The Kier molecular flexibility index (Phi) is 2.40. The normalized spacial score (nSPS) is 16.1. The number of rotatable bonds is 2. The van der Waals surface area contributed by atoms with Crippen molar-refractivity contribution >= 4 is 0 Å². The molecule has 0 aliphatic carbocycles. The van der Waals surface area contributed by atoms with Gasteiger partial charge >= 0.3 is 0 Å². The molecule has 0 spiro atoms. The maximum atomic E-state index is 12.1. The SMILES string of the molecule is NC(O)(c1ccccc1)C(F)F. The molecule has 1 unspecified atom stereocenters. The molecule has 66 valence electrons. The summed E-state index contributed by atoms with van der Waals surface area (Å²) in [6, 6.07) is 7.44. The van der Waals surface area contributed by atoms with Crippen LogP contribution in [0.3, 0.4) is 0 Å². The van der Waals surface area contributed by atoms with Gasteiger partial charge in [0.1, 0.15) is 0 Å². The number of halogens is 2. The van der Waals surface area contributed by atoms with Crippen LogP contribution in [0.2, 0.25) is 0 Å². The number of benzene rings is 1. The highest BCUT2D eigenvalue weighted by Gasteiger charge is 2.34. The Hall–Kier alpha value is -1.00. The van der Waals surface area contributed by atoms with Crippen LogP contribution < -0.4 is 5.73 Å². The van der Waals surface area contributed by atoms with Crippen LogP contribution in [0.25, 0.3) is 0 Å². The Balaban J connectivity index is 2.98. The Bertz CT molecular complexity index is 248. The highest BCUT2D eigenvalue weighted by atomic mass is 19.3. The minimum Gasteiger partial charge on any atom is -0.367 e. The first-order chi connectivity index (χ1) is 5.55. The van der Waals surface area contributed by atoms with Crippen LogP contribution in [-0.2, 0) is 5.72 Å². The third-order valence-corrected chi connectivity index (χ3v) is 1.57. The molecular weight excluding hydrogens is 164 g/mol. The zero-order valence-electron chi connectivity index (χ0n) is 6.24. The van der Waals surface area contributed by atoms with Gasteiger partial charge < -0.3 is 5.11 Å². The molecule has 0 heterocycles. The van der Waals surface area contributed by atoms with Crippen molar-refractivity contribution in [2.45, 2.75) is 12.2 Å². The van der Waals surface area contributed by atoms with E-state index in [1.54, 1.807) is 6.07 Å². The highest BCUT2D eigenvalue weighted by molar-refractivity contribution is 5.21. The smallest absolute Gasteiger partial charge is 0.284 e.